The molecule has 0 atom stereocenters. The molecule has 8 aromatic rings. The summed E-state index contributed by atoms with van der Waals surface area (Å²) in [6.07, 6.45) is 1.93. The Kier molecular flexibility index (Phi) is 4.99. The van der Waals surface area contributed by atoms with Gasteiger partial charge in [0.15, 0.2) is 0 Å². The molecule has 0 saturated heterocycles. The molecule has 0 fully saturated rings. The summed E-state index contributed by atoms with van der Waals surface area (Å²) >= 11 is 0. The highest BCUT2D eigenvalue weighted by atomic mass is 14.8. The van der Waals surface area contributed by atoms with Crippen LogP contribution in [0.1, 0.15) is 25.0 Å². The molecule has 0 saturated carbocycles. The molecule has 43 heavy (non-hydrogen) atoms. The van der Waals surface area contributed by atoms with E-state index in [1.165, 1.54) is 65.7 Å². The van der Waals surface area contributed by atoms with E-state index < -0.39 is 0 Å². The van der Waals surface area contributed by atoms with Gasteiger partial charge in [0.25, 0.3) is 0 Å². The van der Waals surface area contributed by atoms with E-state index in [0.29, 0.717) is 0 Å². The molecule has 2 heteroatoms. The third-order valence-corrected chi connectivity index (χ3v) is 9.49. The lowest BCUT2D eigenvalue weighted by Crippen LogP contribution is -2.15. The van der Waals surface area contributed by atoms with Crippen molar-refractivity contribution in [3.05, 3.63) is 145 Å². The van der Waals surface area contributed by atoms with E-state index in [9.17, 15) is 0 Å². The van der Waals surface area contributed by atoms with Crippen LogP contribution in [0.25, 0.3) is 76.9 Å². The molecule has 0 bridgehead atoms. The monoisotopic (exact) mass is 548 g/mol. The molecule has 9 rings (SSSR count). The lowest BCUT2D eigenvalue weighted by Gasteiger charge is -2.24. The summed E-state index contributed by atoms with van der Waals surface area (Å²) in [5.41, 5.74) is 11.8. The molecule has 0 N–H and O–H groups in total. The van der Waals surface area contributed by atoms with Crippen molar-refractivity contribution in [2.45, 2.75) is 19.3 Å². The molecule has 7 aromatic carbocycles. The first-order chi connectivity index (χ1) is 21.1. The normalized spacial score (nSPS) is 13.5. The van der Waals surface area contributed by atoms with E-state index >= 15 is 0 Å². The Balaban J connectivity index is 1.43. The van der Waals surface area contributed by atoms with Gasteiger partial charge in [-0.2, -0.15) is 0 Å². The summed E-state index contributed by atoms with van der Waals surface area (Å²) in [7, 11) is 0. The molecule has 0 radical (unpaired) electrons. The Morgan fingerprint density at radius 2 is 0.953 bits per heavy atom. The average molecular weight is 549 g/mol. The molecular weight excluding hydrogens is 520 g/mol. The standard InChI is InChI=1S/C41H28N2/c1-41(2)33-20-10-9-19-31(33)39-26-14-4-3-13-25(26)32(23-34(39)41)38-27-15-5-7-17-29(27)40(30-18-8-6-16-28(30)38)37-24-42-35-21-11-12-22-36(35)43-37/h3-24H,1-2H3. The number of rotatable bonds is 2. The molecule has 1 aliphatic rings. The molecular formula is C41H28N2. The number of hydrogen-bond donors (Lipinski definition) is 0. The minimum atomic E-state index is -0.100. The van der Waals surface area contributed by atoms with Crippen molar-refractivity contribution >= 4 is 43.4 Å². The maximum Gasteiger partial charge on any atom is 0.0905 e. The number of fused-ring (bicyclic) bond motifs is 8. The number of nitrogens with zero attached hydrogens (tertiary/aromatic N) is 2. The first-order valence-electron chi connectivity index (χ1n) is 14.9. The van der Waals surface area contributed by atoms with Crippen molar-refractivity contribution in [2.75, 3.05) is 0 Å². The van der Waals surface area contributed by atoms with E-state index in [4.69, 9.17) is 9.97 Å². The molecule has 202 valence electrons. The number of hydrogen-bond acceptors (Lipinski definition) is 2. The Morgan fingerprint density at radius 3 is 1.63 bits per heavy atom. The zero-order chi connectivity index (χ0) is 28.7. The summed E-state index contributed by atoms with van der Waals surface area (Å²) < 4.78 is 0. The highest BCUT2D eigenvalue weighted by Crippen LogP contribution is 2.54. The van der Waals surface area contributed by atoms with Crippen molar-refractivity contribution in [3.63, 3.8) is 0 Å². The summed E-state index contributed by atoms with van der Waals surface area (Å²) in [4.78, 5) is 9.93. The SMILES string of the molecule is CC1(C)c2ccccc2-c2c1cc(-c1c3ccccc3c(-c3cnc4ccccc4n3)c3ccccc13)c1ccccc21. The van der Waals surface area contributed by atoms with Gasteiger partial charge in [-0.05, 0) is 83.9 Å². The Hall–Kier alpha value is -5.34. The van der Waals surface area contributed by atoms with E-state index in [0.717, 1.165) is 22.3 Å². The minimum Gasteiger partial charge on any atom is -0.252 e. The lowest BCUT2D eigenvalue weighted by atomic mass is 9.79. The van der Waals surface area contributed by atoms with Gasteiger partial charge in [0.05, 0.1) is 22.9 Å². The quantitative estimate of drug-likeness (QED) is 0.201. The first-order valence-corrected chi connectivity index (χ1v) is 14.9. The molecule has 0 amide bonds. The molecule has 0 spiro atoms. The van der Waals surface area contributed by atoms with Crippen molar-refractivity contribution in [1.82, 2.24) is 9.97 Å². The van der Waals surface area contributed by atoms with Crippen LogP contribution in [0.2, 0.25) is 0 Å². The van der Waals surface area contributed by atoms with Crippen molar-refractivity contribution < 1.29 is 0 Å². The summed E-state index contributed by atoms with van der Waals surface area (Å²) in [5.74, 6) is 0. The van der Waals surface area contributed by atoms with Gasteiger partial charge in [0.2, 0.25) is 0 Å². The fourth-order valence-electron chi connectivity index (χ4n) is 7.53. The van der Waals surface area contributed by atoms with E-state index in [1.54, 1.807) is 0 Å². The fraction of sp³-hybridized carbons (Fsp3) is 0.0732. The van der Waals surface area contributed by atoms with Gasteiger partial charge in [-0.1, -0.05) is 123 Å². The van der Waals surface area contributed by atoms with Crippen molar-refractivity contribution in [1.29, 1.82) is 0 Å². The second-order valence-corrected chi connectivity index (χ2v) is 12.1. The van der Waals surface area contributed by atoms with Crippen LogP contribution in [0.3, 0.4) is 0 Å². The highest BCUT2D eigenvalue weighted by Gasteiger charge is 2.37. The molecule has 1 aliphatic carbocycles. The Labute approximate surface area is 250 Å². The number of para-hydroxylation sites is 2. The maximum absolute atomic E-state index is 5.12. The van der Waals surface area contributed by atoms with Gasteiger partial charge in [0.1, 0.15) is 0 Å². The molecule has 1 heterocycles. The van der Waals surface area contributed by atoms with E-state index in [1.807, 2.05) is 30.5 Å². The highest BCUT2D eigenvalue weighted by molar-refractivity contribution is 6.24. The largest absolute Gasteiger partial charge is 0.252 e. The Morgan fingerprint density at radius 1 is 0.442 bits per heavy atom. The van der Waals surface area contributed by atoms with Crippen LogP contribution in [-0.2, 0) is 5.41 Å². The van der Waals surface area contributed by atoms with Crippen molar-refractivity contribution in [2.24, 2.45) is 0 Å². The van der Waals surface area contributed by atoms with Crippen LogP contribution in [0, 0.1) is 0 Å². The van der Waals surface area contributed by atoms with Gasteiger partial charge in [-0.15, -0.1) is 0 Å². The van der Waals surface area contributed by atoms with Crippen LogP contribution in [-0.4, -0.2) is 9.97 Å². The first kappa shape index (κ1) is 24.3. The van der Waals surface area contributed by atoms with Crippen LogP contribution >= 0.6 is 0 Å². The second kappa shape index (κ2) is 8.83. The van der Waals surface area contributed by atoms with Crippen LogP contribution in [0.4, 0.5) is 0 Å². The zero-order valence-electron chi connectivity index (χ0n) is 24.1. The third-order valence-electron chi connectivity index (χ3n) is 9.49. The van der Waals surface area contributed by atoms with Gasteiger partial charge < -0.3 is 0 Å². The summed E-state index contributed by atoms with van der Waals surface area (Å²) in [5, 5.41) is 7.42. The van der Waals surface area contributed by atoms with E-state index in [-0.39, 0.29) is 5.41 Å². The van der Waals surface area contributed by atoms with Crippen LogP contribution < -0.4 is 0 Å². The van der Waals surface area contributed by atoms with E-state index in [2.05, 4.69) is 117 Å². The zero-order valence-corrected chi connectivity index (χ0v) is 24.1. The summed E-state index contributed by atoms with van der Waals surface area (Å²) in [6.45, 7) is 4.74. The molecule has 1 aromatic heterocycles. The fourth-order valence-corrected chi connectivity index (χ4v) is 7.53. The minimum absolute atomic E-state index is 0.100. The van der Waals surface area contributed by atoms with Crippen LogP contribution in [0.5, 0.6) is 0 Å². The molecule has 0 unspecified atom stereocenters. The lowest BCUT2D eigenvalue weighted by molar-refractivity contribution is 0.661. The molecule has 0 aliphatic heterocycles. The van der Waals surface area contributed by atoms with Gasteiger partial charge >= 0.3 is 0 Å². The summed E-state index contributed by atoms with van der Waals surface area (Å²) in [6, 6.07) is 46.1. The topological polar surface area (TPSA) is 25.8 Å². The maximum atomic E-state index is 5.12. The smallest absolute Gasteiger partial charge is 0.0905 e. The Bertz CT molecular complexity index is 2380. The third kappa shape index (κ3) is 3.35. The van der Waals surface area contributed by atoms with Crippen molar-refractivity contribution in [3.8, 4) is 33.5 Å². The average Bonchev–Trinajstić information content (AvgIpc) is 3.29. The van der Waals surface area contributed by atoms with Gasteiger partial charge in [-0.3, -0.25) is 4.98 Å². The molecule has 2 nitrogen and oxygen atoms in total. The van der Waals surface area contributed by atoms with Gasteiger partial charge in [-0.25, -0.2) is 4.98 Å². The predicted molar refractivity (Wildman–Crippen MR) is 180 cm³/mol. The number of benzene rings is 7. The second-order valence-electron chi connectivity index (χ2n) is 12.1. The number of aromatic nitrogens is 2. The van der Waals surface area contributed by atoms with Crippen LogP contribution in [0.15, 0.2) is 134 Å². The van der Waals surface area contributed by atoms with Gasteiger partial charge in [0, 0.05) is 11.0 Å². The predicted octanol–water partition coefficient (Wildman–Crippen LogP) is 10.7.